The average molecular weight is 1490 g/mol. The molecule has 3 unspecified atom stereocenters. The molecule has 0 radical (unpaired) electrons. The van der Waals surface area contributed by atoms with Crippen molar-refractivity contribution in [1.29, 1.82) is 0 Å². The van der Waals surface area contributed by atoms with Gasteiger partial charge in [-0.3, -0.25) is 37.3 Å². The van der Waals surface area contributed by atoms with Crippen LogP contribution in [0.1, 0.15) is 408 Å². The topological polar surface area (TPSA) is 237 Å². The zero-order chi connectivity index (χ0) is 75.1. The van der Waals surface area contributed by atoms with Crippen LogP contribution in [0, 0.1) is 17.8 Å². The van der Waals surface area contributed by atoms with E-state index in [0.717, 1.165) is 121 Å². The molecule has 19 heteroatoms. The molecule has 0 aromatic heterocycles. The van der Waals surface area contributed by atoms with E-state index in [4.69, 9.17) is 37.0 Å². The van der Waals surface area contributed by atoms with E-state index >= 15 is 0 Å². The monoisotopic (exact) mass is 1490 g/mol. The second kappa shape index (κ2) is 72.7. The van der Waals surface area contributed by atoms with Crippen LogP contribution in [0.5, 0.6) is 0 Å². The minimum atomic E-state index is -4.97. The third-order valence-corrected chi connectivity index (χ3v) is 21.0. The van der Waals surface area contributed by atoms with E-state index in [2.05, 4.69) is 72.8 Å². The number of aliphatic hydroxyl groups is 1. The molecule has 0 heterocycles. The standard InChI is InChI=1S/C83H158O17P2/c1-8-10-11-12-13-14-15-16-21-28-33-38-43-52-59-66-82(87)99-78(70-93-80(85)64-57-50-42-37-32-27-23-20-18-17-19-22-26-31-36-41-49-56-63-76(7)9-2)72-97-101(89,90)95-68-77(84)69-96-102(91,92)98-73-79(71-94-81(86)65-58-51-46-45-48-55-62-75(5)6)100-83(88)67-60-53-44-39-34-29-24-25-30-35-40-47-54-61-74(3)4/h14-16,21,74-79,84H,8-13,17-20,22-73H2,1-7H3,(H,89,90)(H,91,92)/b15-14-,21-16-/t76?,77-,78-,79-/m1/s1. The molecule has 0 rings (SSSR count). The Balaban J connectivity index is 5.22. The van der Waals surface area contributed by atoms with Gasteiger partial charge in [0.05, 0.1) is 26.4 Å². The molecular formula is C83H158O17P2. The highest BCUT2D eigenvalue weighted by atomic mass is 31.2. The Labute approximate surface area is 624 Å². The molecule has 17 nitrogen and oxygen atoms in total. The van der Waals surface area contributed by atoms with Gasteiger partial charge in [-0.25, -0.2) is 9.13 Å². The SMILES string of the molecule is CCCCCC/C=C\C=C/CCCCCCCC(=O)O[C@H](COC(=O)CCCCCCCCCCCCCCCCCCCCC(C)CC)COP(=O)(O)OC[C@@H](O)COP(=O)(O)OC[C@@H](COC(=O)CCCCCCCCC(C)C)OC(=O)CCCCCCCCCCCCCCCC(C)C. The van der Waals surface area contributed by atoms with Crippen molar-refractivity contribution in [2.45, 2.75) is 426 Å². The van der Waals surface area contributed by atoms with E-state index in [0.29, 0.717) is 31.6 Å². The minimum Gasteiger partial charge on any atom is -0.462 e. The van der Waals surface area contributed by atoms with Crippen molar-refractivity contribution < 1.29 is 80.2 Å². The van der Waals surface area contributed by atoms with Crippen molar-refractivity contribution in [3.8, 4) is 0 Å². The van der Waals surface area contributed by atoms with E-state index in [9.17, 15) is 43.2 Å². The van der Waals surface area contributed by atoms with Gasteiger partial charge < -0.3 is 33.8 Å². The summed E-state index contributed by atoms with van der Waals surface area (Å²) >= 11 is 0. The zero-order valence-corrected chi connectivity index (χ0v) is 68.4. The molecule has 6 atom stereocenters. The van der Waals surface area contributed by atoms with Gasteiger partial charge in [-0.15, -0.1) is 0 Å². The number of hydrogen-bond donors (Lipinski definition) is 3. The third-order valence-electron chi connectivity index (χ3n) is 19.1. The lowest BCUT2D eigenvalue weighted by molar-refractivity contribution is -0.161. The predicted molar refractivity (Wildman–Crippen MR) is 418 cm³/mol. The summed E-state index contributed by atoms with van der Waals surface area (Å²) in [5, 5.41) is 10.6. The van der Waals surface area contributed by atoms with Gasteiger partial charge in [0, 0.05) is 25.7 Å². The molecule has 3 N–H and O–H groups in total. The molecular weight excluding hydrogens is 1330 g/mol. The van der Waals surface area contributed by atoms with Crippen LogP contribution in [0.3, 0.4) is 0 Å². The quantitative estimate of drug-likeness (QED) is 0.0169. The van der Waals surface area contributed by atoms with Gasteiger partial charge in [0.15, 0.2) is 12.2 Å². The summed E-state index contributed by atoms with van der Waals surface area (Å²) in [7, 11) is -9.93. The summed E-state index contributed by atoms with van der Waals surface area (Å²) in [6.07, 6.45) is 64.8. The van der Waals surface area contributed by atoms with Crippen molar-refractivity contribution in [2.75, 3.05) is 39.6 Å². The van der Waals surface area contributed by atoms with Crippen molar-refractivity contribution in [1.82, 2.24) is 0 Å². The summed E-state index contributed by atoms with van der Waals surface area (Å²) in [6.45, 7) is 11.9. The molecule has 0 aromatic carbocycles. The lowest BCUT2D eigenvalue weighted by Gasteiger charge is -2.21. The summed E-state index contributed by atoms with van der Waals surface area (Å²) in [5.41, 5.74) is 0. The van der Waals surface area contributed by atoms with Crippen molar-refractivity contribution in [2.24, 2.45) is 17.8 Å². The highest BCUT2D eigenvalue weighted by Gasteiger charge is 2.30. The maximum absolute atomic E-state index is 13.1. The largest absolute Gasteiger partial charge is 0.472 e. The van der Waals surface area contributed by atoms with Gasteiger partial charge in [-0.05, 0) is 69.1 Å². The van der Waals surface area contributed by atoms with Crippen LogP contribution < -0.4 is 0 Å². The number of carbonyl (C=O) groups excluding carboxylic acids is 4. The lowest BCUT2D eigenvalue weighted by Crippen LogP contribution is -2.30. The van der Waals surface area contributed by atoms with Crippen molar-refractivity contribution in [3.63, 3.8) is 0 Å². The number of aliphatic hydroxyl groups excluding tert-OH is 1. The number of hydrogen-bond acceptors (Lipinski definition) is 15. The molecule has 0 fully saturated rings. The van der Waals surface area contributed by atoms with Gasteiger partial charge >= 0.3 is 39.5 Å². The number of unbranched alkanes of at least 4 members (excludes halogenated alkanes) is 43. The minimum absolute atomic E-state index is 0.0853. The Morgan fingerprint density at radius 2 is 0.578 bits per heavy atom. The number of allylic oxidation sites excluding steroid dienone is 4. The number of phosphoric acid groups is 2. The summed E-state index contributed by atoms with van der Waals surface area (Å²) in [5.74, 6) is 0.193. The van der Waals surface area contributed by atoms with Crippen LogP contribution in [0.25, 0.3) is 0 Å². The number of carbonyl (C=O) groups is 4. The van der Waals surface area contributed by atoms with Crippen LogP contribution in [0.15, 0.2) is 24.3 Å². The molecule has 0 spiro atoms. The van der Waals surface area contributed by atoms with Gasteiger partial charge in [0.25, 0.3) is 0 Å². The molecule has 602 valence electrons. The maximum Gasteiger partial charge on any atom is 0.472 e. The highest BCUT2D eigenvalue weighted by Crippen LogP contribution is 2.45. The molecule has 0 aliphatic rings. The third kappa shape index (κ3) is 74.4. The lowest BCUT2D eigenvalue weighted by atomic mass is 9.99. The van der Waals surface area contributed by atoms with Crippen molar-refractivity contribution in [3.05, 3.63) is 24.3 Å². The zero-order valence-electron chi connectivity index (χ0n) is 66.6. The van der Waals surface area contributed by atoms with E-state index in [1.165, 1.54) is 199 Å². The molecule has 102 heavy (non-hydrogen) atoms. The van der Waals surface area contributed by atoms with E-state index < -0.39 is 97.5 Å². The van der Waals surface area contributed by atoms with E-state index in [1.54, 1.807) is 0 Å². The van der Waals surface area contributed by atoms with Crippen LogP contribution >= 0.6 is 15.6 Å². The number of ether oxygens (including phenoxy) is 4. The Morgan fingerprint density at radius 3 is 0.873 bits per heavy atom. The fraction of sp³-hybridized carbons (Fsp3) is 0.904. The summed E-state index contributed by atoms with van der Waals surface area (Å²) < 4.78 is 68.7. The van der Waals surface area contributed by atoms with Gasteiger partial charge in [0.2, 0.25) is 0 Å². The number of phosphoric ester groups is 2. The van der Waals surface area contributed by atoms with E-state index in [1.807, 2.05) is 0 Å². The second-order valence-corrected chi connectivity index (χ2v) is 33.3. The summed E-state index contributed by atoms with van der Waals surface area (Å²) in [6, 6.07) is 0. The smallest absolute Gasteiger partial charge is 0.462 e. The normalized spacial score (nSPS) is 14.4. The van der Waals surface area contributed by atoms with Gasteiger partial charge in [-0.1, -0.05) is 355 Å². The Hall–Kier alpha value is -2.46. The maximum atomic E-state index is 13.1. The highest BCUT2D eigenvalue weighted by molar-refractivity contribution is 7.47. The molecule has 0 amide bonds. The molecule has 0 saturated heterocycles. The number of esters is 4. The first-order chi connectivity index (χ1) is 49.3. The first-order valence-corrected chi connectivity index (χ1v) is 45.2. The fourth-order valence-corrected chi connectivity index (χ4v) is 13.8. The Bertz CT molecular complexity index is 2070. The van der Waals surface area contributed by atoms with Crippen LogP contribution in [-0.4, -0.2) is 96.7 Å². The average Bonchev–Trinajstić information content (AvgIpc) is 0.907. The van der Waals surface area contributed by atoms with E-state index in [-0.39, 0.29) is 25.7 Å². The van der Waals surface area contributed by atoms with Crippen LogP contribution in [0.2, 0.25) is 0 Å². The second-order valence-electron chi connectivity index (χ2n) is 30.4. The van der Waals surface area contributed by atoms with Crippen molar-refractivity contribution >= 4 is 39.5 Å². The van der Waals surface area contributed by atoms with Crippen LogP contribution in [0.4, 0.5) is 0 Å². The Morgan fingerprint density at radius 1 is 0.324 bits per heavy atom. The molecule has 0 bridgehead atoms. The van der Waals surface area contributed by atoms with Gasteiger partial charge in [0.1, 0.15) is 19.3 Å². The molecule has 0 aliphatic heterocycles. The molecule has 0 aliphatic carbocycles. The first kappa shape index (κ1) is 99.5. The predicted octanol–water partition coefficient (Wildman–Crippen LogP) is 24.5. The summed E-state index contributed by atoms with van der Waals surface area (Å²) in [4.78, 5) is 73.0. The van der Waals surface area contributed by atoms with Crippen LogP contribution in [-0.2, 0) is 65.4 Å². The van der Waals surface area contributed by atoms with Gasteiger partial charge in [-0.2, -0.15) is 0 Å². The Kier molecular flexibility index (Phi) is 71.0. The molecule has 0 saturated carbocycles. The fourth-order valence-electron chi connectivity index (χ4n) is 12.3. The first-order valence-electron chi connectivity index (χ1n) is 42.2. The molecule has 0 aromatic rings. The number of rotatable bonds is 79.